The van der Waals surface area contributed by atoms with Crippen LogP contribution in [-0.2, 0) is 16.3 Å². The Labute approximate surface area is 240 Å². The van der Waals surface area contributed by atoms with Crippen molar-refractivity contribution in [2.24, 2.45) is 0 Å². The van der Waals surface area contributed by atoms with Crippen molar-refractivity contribution in [2.45, 2.75) is 17.7 Å². The third-order valence-electron chi connectivity index (χ3n) is 6.92. The standard InChI is InChI=1S/C30H24N4O5S2/c1-41(38,39)21-8-4-6-19(16-21)22-13-14-23(31-27(22)28(35)36)20-12-11-18-7-5-15-34(25(18)17-20)30(37)33-29-32-24-9-2-3-10-26(24)40-29/h2-4,6,8-14,16-17H,5,7,15H2,1H3,(H,35,36)(H,32,33,37). The molecule has 5 aromatic rings. The van der Waals surface area contributed by atoms with Crippen molar-refractivity contribution in [1.82, 2.24) is 9.97 Å². The van der Waals surface area contributed by atoms with E-state index in [0.29, 0.717) is 34.1 Å². The fraction of sp³-hybridized carbons (Fsp3) is 0.133. The summed E-state index contributed by atoms with van der Waals surface area (Å²) in [6, 6.07) is 22.5. The third-order valence-corrected chi connectivity index (χ3v) is 8.99. The number of nitrogens with one attached hydrogen (secondary N) is 1. The molecule has 1 aliphatic rings. The van der Waals surface area contributed by atoms with Gasteiger partial charge in [0.2, 0.25) is 0 Å². The number of benzene rings is 3. The number of para-hydroxylation sites is 1. The summed E-state index contributed by atoms with van der Waals surface area (Å²) in [6.07, 6.45) is 2.72. The van der Waals surface area contributed by atoms with Gasteiger partial charge in [-0.15, -0.1) is 0 Å². The number of rotatable bonds is 5. The van der Waals surface area contributed by atoms with Gasteiger partial charge in [-0.25, -0.2) is 28.0 Å². The molecule has 2 amide bonds. The average Bonchev–Trinajstić information content (AvgIpc) is 3.38. The minimum Gasteiger partial charge on any atom is -0.476 e. The molecule has 0 bridgehead atoms. The molecule has 0 atom stereocenters. The number of carboxylic acids is 1. The summed E-state index contributed by atoms with van der Waals surface area (Å²) in [7, 11) is -3.47. The molecule has 1 aliphatic heterocycles. The largest absolute Gasteiger partial charge is 0.476 e. The molecule has 206 valence electrons. The molecule has 9 nitrogen and oxygen atoms in total. The van der Waals surface area contributed by atoms with Gasteiger partial charge in [0.25, 0.3) is 0 Å². The molecule has 0 spiro atoms. The Morgan fingerprint density at radius 1 is 0.951 bits per heavy atom. The molecule has 41 heavy (non-hydrogen) atoms. The number of hydrogen-bond donors (Lipinski definition) is 2. The molecule has 0 saturated heterocycles. The van der Waals surface area contributed by atoms with Gasteiger partial charge in [0.05, 0.1) is 20.8 Å². The monoisotopic (exact) mass is 584 g/mol. The first kappa shape index (κ1) is 26.6. The van der Waals surface area contributed by atoms with Crippen LogP contribution in [0.25, 0.3) is 32.6 Å². The van der Waals surface area contributed by atoms with Crippen LogP contribution >= 0.6 is 11.3 Å². The quantitative estimate of drug-likeness (QED) is 0.255. The molecule has 0 unspecified atom stereocenters. The van der Waals surface area contributed by atoms with Gasteiger partial charge < -0.3 is 5.11 Å². The van der Waals surface area contributed by atoms with Crippen molar-refractivity contribution in [1.29, 1.82) is 0 Å². The molecule has 11 heteroatoms. The van der Waals surface area contributed by atoms with Gasteiger partial charge in [-0.05, 0) is 66.4 Å². The van der Waals surface area contributed by atoms with E-state index in [4.69, 9.17) is 0 Å². The van der Waals surface area contributed by atoms with Crippen LogP contribution in [0.1, 0.15) is 22.5 Å². The van der Waals surface area contributed by atoms with E-state index in [2.05, 4.69) is 15.3 Å². The van der Waals surface area contributed by atoms with Crippen molar-refractivity contribution in [3.63, 3.8) is 0 Å². The number of carbonyl (C=O) groups excluding carboxylic acids is 1. The molecule has 6 rings (SSSR count). The number of fused-ring (bicyclic) bond motifs is 2. The van der Waals surface area contributed by atoms with E-state index in [9.17, 15) is 23.1 Å². The minimum atomic E-state index is -3.47. The fourth-order valence-corrected chi connectivity index (χ4v) is 6.46. The maximum Gasteiger partial charge on any atom is 0.355 e. The van der Waals surface area contributed by atoms with Gasteiger partial charge in [0, 0.05) is 29.6 Å². The predicted molar refractivity (Wildman–Crippen MR) is 159 cm³/mol. The lowest BCUT2D eigenvalue weighted by molar-refractivity contribution is 0.0691. The van der Waals surface area contributed by atoms with E-state index in [1.54, 1.807) is 29.2 Å². The number of carbonyl (C=O) groups is 2. The number of aromatic carboxylic acids is 1. The van der Waals surface area contributed by atoms with Crippen LogP contribution in [0, 0.1) is 0 Å². The second-order valence-electron chi connectivity index (χ2n) is 9.71. The van der Waals surface area contributed by atoms with Gasteiger partial charge in [0.15, 0.2) is 20.7 Å². The molecule has 0 saturated carbocycles. The Balaban J connectivity index is 1.34. The number of hydrogen-bond acceptors (Lipinski definition) is 7. The second kappa shape index (κ2) is 10.4. The van der Waals surface area contributed by atoms with Crippen LogP contribution in [-0.4, -0.2) is 48.3 Å². The summed E-state index contributed by atoms with van der Waals surface area (Å²) in [6.45, 7) is 0.524. The zero-order chi connectivity index (χ0) is 28.7. The first-order valence-corrected chi connectivity index (χ1v) is 15.5. The number of aryl methyl sites for hydroxylation is 1. The van der Waals surface area contributed by atoms with Crippen LogP contribution in [0.15, 0.2) is 83.8 Å². The number of nitrogens with zero attached hydrogens (tertiary/aromatic N) is 3. The smallest absolute Gasteiger partial charge is 0.355 e. The molecule has 3 aromatic carbocycles. The Kier molecular flexibility index (Phi) is 6.76. The maximum absolute atomic E-state index is 13.3. The summed E-state index contributed by atoms with van der Waals surface area (Å²) in [5.74, 6) is -1.23. The van der Waals surface area contributed by atoms with E-state index in [0.717, 1.165) is 40.6 Å². The first-order valence-electron chi connectivity index (χ1n) is 12.8. The number of anilines is 2. The van der Waals surface area contributed by atoms with Gasteiger partial charge in [0.1, 0.15) is 0 Å². The van der Waals surface area contributed by atoms with Crippen molar-refractivity contribution in [3.8, 4) is 22.4 Å². The summed E-state index contributed by atoms with van der Waals surface area (Å²) in [5.41, 5.74) is 4.18. The molecule has 2 aromatic heterocycles. The summed E-state index contributed by atoms with van der Waals surface area (Å²) in [4.78, 5) is 36.3. The topological polar surface area (TPSA) is 130 Å². The highest BCUT2D eigenvalue weighted by Crippen LogP contribution is 2.34. The number of thiazole rings is 1. The molecule has 2 N–H and O–H groups in total. The number of carboxylic acid groups (broad SMARTS) is 1. The van der Waals surface area contributed by atoms with Gasteiger partial charge >= 0.3 is 12.0 Å². The van der Waals surface area contributed by atoms with Crippen molar-refractivity contribution >= 4 is 54.2 Å². The number of aromatic nitrogens is 2. The van der Waals surface area contributed by atoms with E-state index in [1.165, 1.54) is 23.5 Å². The van der Waals surface area contributed by atoms with Crippen LogP contribution < -0.4 is 10.2 Å². The third kappa shape index (κ3) is 5.29. The maximum atomic E-state index is 13.3. The molecule has 0 aliphatic carbocycles. The Morgan fingerprint density at radius 3 is 2.56 bits per heavy atom. The van der Waals surface area contributed by atoms with E-state index in [1.807, 2.05) is 42.5 Å². The summed E-state index contributed by atoms with van der Waals surface area (Å²) < 4.78 is 25.1. The second-order valence-corrected chi connectivity index (χ2v) is 12.8. The van der Waals surface area contributed by atoms with E-state index < -0.39 is 15.8 Å². The normalized spacial score (nSPS) is 13.1. The fourth-order valence-electron chi connectivity index (χ4n) is 4.94. The highest BCUT2D eigenvalue weighted by molar-refractivity contribution is 7.90. The average molecular weight is 585 g/mol. The van der Waals surface area contributed by atoms with Crippen LogP contribution in [0.5, 0.6) is 0 Å². The Morgan fingerprint density at radius 2 is 1.78 bits per heavy atom. The number of amides is 2. The molecular weight excluding hydrogens is 560 g/mol. The zero-order valence-electron chi connectivity index (χ0n) is 21.9. The van der Waals surface area contributed by atoms with E-state index in [-0.39, 0.29) is 16.6 Å². The van der Waals surface area contributed by atoms with Crippen LogP contribution in [0.4, 0.5) is 15.6 Å². The van der Waals surface area contributed by atoms with Crippen molar-refractivity contribution in [3.05, 3.63) is 90.1 Å². The van der Waals surface area contributed by atoms with Gasteiger partial charge in [-0.3, -0.25) is 10.2 Å². The number of urea groups is 1. The lowest BCUT2D eigenvalue weighted by Gasteiger charge is -2.29. The lowest BCUT2D eigenvalue weighted by Crippen LogP contribution is -2.38. The van der Waals surface area contributed by atoms with Gasteiger partial charge in [-0.2, -0.15) is 0 Å². The highest BCUT2D eigenvalue weighted by atomic mass is 32.2. The van der Waals surface area contributed by atoms with E-state index >= 15 is 0 Å². The molecule has 0 fully saturated rings. The summed E-state index contributed by atoms with van der Waals surface area (Å²) >= 11 is 1.41. The Hall–Kier alpha value is -4.61. The molecule has 0 radical (unpaired) electrons. The number of pyridine rings is 1. The molecular formula is C30H24N4O5S2. The predicted octanol–water partition coefficient (Wildman–Crippen LogP) is 6.11. The first-order chi connectivity index (χ1) is 19.7. The zero-order valence-corrected chi connectivity index (χ0v) is 23.5. The van der Waals surface area contributed by atoms with Gasteiger partial charge in [-0.1, -0.05) is 47.7 Å². The van der Waals surface area contributed by atoms with Crippen molar-refractivity contribution in [2.75, 3.05) is 23.0 Å². The van der Waals surface area contributed by atoms with Crippen molar-refractivity contribution < 1.29 is 23.1 Å². The van der Waals surface area contributed by atoms with Crippen LogP contribution in [0.2, 0.25) is 0 Å². The van der Waals surface area contributed by atoms with Crippen LogP contribution in [0.3, 0.4) is 0 Å². The number of sulfone groups is 1. The SMILES string of the molecule is CS(=O)(=O)c1cccc(-c2ccc(-c3ccc4c(c3)N(C(=O)Nc3nc5ccccc5s3)CCC4)nc2C(=O)O)c1. The Bertz CT molecular complexity index is 1920. The summed E-state index contributed by atoms with van der Waals surface area (Å²) in [5, 5.41) is 13.4. The highest BCUT2D eigenvalue weighted by Gasteiger charge is 2.25. The lowest BCUT2D eigenvalue weighted by atomic mass is 9.97. The minimum absolute atomic E-state index is 0.0920. The molecule has 3 heterocycles.